The standard InChI is InChI=1S/C25H34N2O3/c1-26-13-5-6-21(18-26)25(28)27-14-11-19(12-15-27)16-20-9-10-23(29-2)24(17-20)30-22-7-3-4-8-22/h5-6,9-10,13,17,19,22H,3-4,7-8,11-12,14-16,18H2,1-2H3. The molecule has 2 aliphatic heterocycles. The lowest BCUT2D eigenvalue weighted by atomic mass is 9.89. The van der Waals surface area contributed by atoms with E-state index in [1.54, 1.807) is 7.11 Å². The lowest BCUT2D eigenvalue weighted by Gasteiger charge is -2.33. The molecule has 0 N–H and O–H groups in total. The maximum Gasteiger partial charge on any atom is 0.251 e. The average Bonchev–Trinajstić information content (AvgIpc) is 3.27. The normalized spacial score (nSPS) is 20.4. The summed E-state index contributed by atoms with van der Waals surface area (Å²) in [6, 6.07) is 6.37. The van der Waals surface area contributed by atoms with Gasteiger partial charge in [0.15, 0.2) is 11.5 Å². The average molecular weight is 411 g/mol. The molecule has 162 valence electrons. The number of likely N-dealkylation sites (N-methyl/N-ethyl adjacent to an activating group) is 1. The quantitative estimate of drug-likeness (QED) is 0.705. The van der Waals surface area contributed by atoms with Crippen molar-refractivity contribution in [3.63, 3.8) is 0 Å². The molecule has 0 atom stereocenters. The molecule has 1 aromatic carbocycles. The Balaban J connectivity index is 1.33. The second kappa shape index (κ2) is 9.59. The van der Waals surface area contributed by atoms with Crippen LogP contribution in [0.2, 0.25) is 0 Å². The molecule has 5 heteroatoms. The third-order valence-electron chi connectivity index (χ3n) is 6.58. The molecular formula is C25H34N2O3. The van der Waals surface area contributed by atoms with Crippen LogP contribution in [0.5, 0.6) is 11.5 Å². The number of nitrogens with zero attached hydrogens (tertiary/aromatic N) is 2. The summed E-state index contributed by atoms with van der Waals surface area (Å²) in [5.41, 5.74) is 2.19. The molecule has 0 aromatic heterocycles. The summed E-state index contributed by atoms with van der Waals surface area (Å²) in [5.74, 6) is 2.51. The van der Waals surface area contributed by atoms with Crippen LogP contribution in [0.4, 0.5) is 0 Å². The lowest BCUT2D eigenvalue weighted by Crippen LogP contribution is -2.41. The minimum atomic E-state index is 0.196. The molecule has 5 nitrogen and oxygen atoms in total. The van der Waals surface area contributed by atoms with Crippen LogP contribution in [0.25, 0.3) is 0 Å². The Bertz CT molecular complexity index is 803. The first kappa shape index (κ1) is 20.8. The van der Waals surface area contributed by atoms with Gasteiger partial charge in [0.1, 0.15) is 0 Å². The largest absolute Gasteiger partial charge is 0.493 e. The molecule has 0 radical (unpaired) electrons. The third-order valence-corrected chi connectivity index (χ3v) is 6.58. The van der Waals surface area contributed by atoms with Gasteiger partial charge in [0, 0.05) is 32.3 Å². The zero-order valence-electron chi connectivity index (χ0n) is 18.3. The summed E-state index contributed by atoms with van der Waals surface area (Å²) in [7, 11) is 3.71. The van der Waals surface area contributed by atoms with E-state index in [9.17, 15) is 4.79 Å². The molecule has 1 saturated carbocycles. The van der Waals surface area contributed by atoms with Gasteiger partial charge in [-0.05, 0) is 80.8 Å². The minimum Gasteiger partial charge on any atom is -0.493 e. The van der Waals surface area contributed by atoms with Gasteiger partial charge in [-0.2, -0.15) is 0 Å². The van der Waals surface area contributed by atoms with Gasteiger partial charge < -0.3 is 19.3 Å². The Morgan fingerprint density at radius 2 is 1.87 bits per heavy atom. The van der Waals surface area contributed by atoms with Crippen molar-refractivity contribution in [2.24, 2.45) is 5.92 Å². The predicted molar refractivity (Wildman–Crippen MR) is 119 cm³/mol. The van der Waals surface area contributed by atoms with Crippen molar-refractivity contribution in [1.29, 1.82) is 0 Å². The molecule has 30 heavy (non-hydrogen) atoms. The summed E-state index contributed by atoms with van der Waals surface area (Å²) in [6.07, 6.45) is 14.2. The monoisotopic (exact) mass is 410 g/mol. The van der Waals surface area contributed by atoms with Crippen molar-refractivity contribution >= 4 is 5.91 Å². The first-order chi connectivity index (χ1) is 14.6. The van der Waals surface area contributed by atoms with E-state index in [1.807, 2.05) is 36.4 Å². The number of ether oxygens (including phenoxy) is 2. The van der Waals surface area contributed by atoms with E-state index in [2.05, 4.69) is 17.0 Å². The van der Waals surface area contributed by atoms with Crippen molar-refractivity contribution in [3.05, 3.63) is 47.7 Å². The summed E-state index contributed by atoms with van der Waals surface area (Å²) < 4.78 is 11.8. The highest BCUT2D eigenvalue weighted by molar-refractivity contribution is 5.94. The van der Waals surface area contributed by atoms with Crippen LogP contribution >= 0.6 is 0 Å². The van der Waals surface area contributed by atoms with Gasteiger partial charge >= 0.3 is 0 Å². The smallest absolute Gasteiger partial charge is 0.251 e. The predicted octanol–water partition coefficient (Wildman–Crippen LogP) is 4.18. The van der Waals surface area contributed by atoms with E-state index in [1.165, 1.54) is 18.4 Å². The van der Waals surface area contributed by atoms with E-state index < -0.39 is 0 Å². The SMILES string of the molecule is COc1ccc(CC2CCN(C(=O)C3=CC=CN(C)C3)CC2)cc1OC1CCCC1. The van der Waals surface area contributed by atoms with Gasteiger partial charge in [0.2, 0.25) is 0 Å². The highest BCUT2D eigenvalue weighted by Gasteiger charge is 2.26. The highest BCUT2D eigenvalue weighted by atomic mass is 16.5. The van der Waals surface area contributed by atoms with Crippen LogP contribution in [0.1, 0.15) is 44.1 Å². The van der Waals surface area contributed by atoms with Crippen molar-refractivity contribution in [2.45, 2.75) is 51.0 Å². The lowest BCUT2D eigenvalue weighted by molar-refractivity contribution is -0.128. The Morgan fingerprint density at radius 3 is 2.57 bits per heavy atom. The van der Waals surface area contributed by atoms with Gasteiger partial charge in [0.25, 0.3) is 5.91 Å². The highest BCUT2D eigenvalue weighted by Crippen LogP contribution is 2.34. The Labute approximate surface area is 180 Å². The number of likely N-dealkylation sites (tertiary alicyclic amines) is 1. The molecule has 0 unspecified atom stereocenters. The van der Waals surface area contributed by atoms with Crippen molar-refractivity contribution < 1.29 is 14.3 Å². The number of methoxy groups -OCH3 is 1. The van der Waals surface area contributed by atoms with E-state index in [0.29, 0.717) is 18.6 Å². The van der Waals surface area contributed by atoms with Gasteiger partial charge in [-0.15, -0.1) is 0 Å². The van der Waals surface area contributed by atoms with Crippen molar-refractivity contribution in [2.75, 3.05) is 33.8 Å². The number of piperidine rings is 1. The Morgan fingerprint density at radius 1 is 1.10 bits per heavy atom. The van der Waals surface area contributed by atoms with Crippen LogP contribution in [0, 0.1) is 5.92 Å². The van der Waals surface area contributed by atoms with E-state index in [-0.39, 0.29) is 5.91 Å². The van der Waals surface area contributed by atoms with Crippen molar-refractivity contribution in [3.8, 4) is 11.5 Å². The zero-order valence-corrected chi connectivity index (χ0v) is 18.3. The summed E-state index contributed by atoms with van der Waals surface area (Å²) in [5, 5.41) is 0. The fraction of sp³-hybridized carbons (Fsp3) is 0.560. The molecule has 0 bridgehead atoms. The Hall–Kier alpha value is -2.43. The maximum absolute atomic E-state index is 12.8. The molecule has 0 spiro atoms. The second-order valence-electron chi connectivity index (χ2n) is 8.90. The van der Waals surface area contributed by atoms with Crippen LogP contribution in [-0.2, 0) is 11.2 Å². The van der Waals surface area contributed by atoms with Crippen LogP contribution in [0.15, 0.2) is 42.1 Å². The van der Waals surface area contributed by atoms with E-state index in [0.717, 1.165) is 62.3 Å². The van der Waals surface area contributed by atoms with Crippen LogP contribution in [-0.4, -0.2) is 55.6 Å². The fourth-order valence-electron chi connectivity index (χ4n) is 4.82. The number of carbonyl (C=O) groups is 1. The topological polar surface area (TPSA) is 42.0 Å². The molecule has 1 aromatic rings. The zero-order chi connectivity index (χ0) is 20.9. The minimum absolute atomic E-state index is 0.196. The molecule has 2 fully saturated rings. The number of hydrogen-bond donors (Lipinski definition) is 0. The first-order valence-electron chi connectivity index (χ1n) is 11.3. The fourth-order valence-corrected chi connectivity index (χ4v) is 4.82. The number of allylic oxidation sites excluding steroid dienone is 2. The van der Waals surface area contributed by atoms with Crippen molar-refractivity contribution in [1.82, 2.24) is 9.80 Å². The second-order valence-corrected chi connectivity index (χ2v) is 8.90. The van der Waals surface area contributed by atoms with E-state index in [4.69, 9.17) is 9.47 Å². The number of amides is 1. The molecule has 1 saturated heterocycles. The maximum atomic E-state index is 12.8. The summed E-state index contributed by atoms with van der Waals surface area (Å²) >= 11 is 0. The first-order valence-corrected chi connectivity index (χ1v) is 11.3. The van der Waals surface area contributed by atoms with E-state index >= 15 is 0 Å². The third kappa shape index (κ3) is 5.00. The molecule has 3 aliphatic rings. The number of rotatable bonds is 6. The molecule has 1 aliphatic carbocycles. The summed E-state index contributed by atoms with van der Waals surface area (Å²) in [4.78, 5) is 16.9. The number of carbonyl (C=O) groups excluding carboxylic acids is 1. The van der Waals surface area contributed by atoms with Gasteiger partial charge in [-0.25, -0.2) is 0 Å². The summed E-state index contributed by atoms with van der Waals surface area (Å²) in [6.45, 7) is 2.39. The van der Waals surface area contributed by atoms with Crippen LogP contribution in [0.3, 0.4) is 0 Å². The Kier molecular flexibility index (Phi) is 6.66. The molecule has 1 amide bonds. The van der Waals surface area contributed by atoms with Gasteiger partial charge in [-0.3, -0.25) is 4.79 Å². The van der Waals surface area contributed by atoms with Gasteiger partial charge in [0.05, 0.1) is 13.2 Å². The van der Waals surface area contributed by atoms with Crippen LogP contribution < -0.4 is 9.47 Å². The van der Waals surface area contributed by atoms with Gasteiger partial charge in [-0.1, -0.05) is 12.1 Å². The number of benzene rings is 1. The molecular weight excluding hydrogens is 376 g/mol. The number of hydrogen-bond acceptors (Lipinski definition) is 4. The molecule has 4 rings (SSSR count). The molecule has 2 heterocycles.